The molecule has 0 aliphatic rings. The van der Waals surface area contributed by atoms with E-state index in [1.807, 2.05) is 14.0 Å². The molecule has 6 heteroatoms. The summed E-state index contributed by atoms with van der Waals surface area (Å²) >= 11 is 0. The Morgan fingerprint density at radius 1 is 1.12 bits per heavy atom. The molecule has 0 radical (unpaired) electrons. The summed E-state index contributed by atoms with van der Waals surface area (Å²) in [6.45, 7) is 3.13. The standard InChI is InChI=1S/C10H19NO5/c1-10(16-6-4-13)7-15-9-11(2)8-14-5-3-12/h3-4,10H,5-9H2,1-2H3. The van der Waals surface area contributed by atoms with Crippen molar-refractivity contribution >= 4 is 12.6 Å². The summed E-state index contributed by atoms with van der Waals surface area (Å²) in [6.07, 6.45) is 1.29. The van der Waals surface area contributed by atoms with Crippen molar-refractivity contribution < 1.29 is 23.8 Å². The molecule has 0 aromatic heterocycles. The zero-order valence-corrected chi connectivity index (χ0v) is 9.76. The zero-order chi connectivity index (χ0) is 12.2. The first-order valence-corrected chi connectivity index (χ1v) is 5.03. The fraction of sp³-hybridized carbons (Fsp3) is 0.800. The van der Waals surface area contributed by atoms with E-state index in [0.29, 0.717) is 32.6 Å². The molecule has 0 aromatic rings. The van der Waals surface area contributed by atoms with Gasteiger partial charge in [-0.25, -0.2) is 0 Å². The summed E-state index contributed by atoms with van der Waals surface area (Å²) in [5.74, 6) is 0. The van der Waals surface area contributed by atoms with Crippen LogP contribution in [-0.2, 0) is 23.8 Å². The largest absolute Gasteiger partial charge is 0.369 e. The fourth-order valence-electron chi connectivity index (χ4n) is 0.920. The summed E-state index contributed by atoms with van der Waals surface area (Å²) in [7, 11) is 1.81. The maximum absolute atomic E-state index is 10.0. The van der Waals surface area contributed by atoms with Crippen LogP contribution >= 0.6 is 0 Å². The van der Waals surface area contributed by atoms with Crippen molar-refractivity contribution in [1.29, 1.82) is 0 Å². The fourth-order valence-corrected chi connectivity index (χ4v) is 0.920. The Kier molecular flexibility index (Phi) is 10.1. The van der Waals surface area contributed by atoms with Gasteiger partial charge < -0.3 is 23.8 Å². The molecule has 0 aliphatic heterocycles. The first-order valence-electron chi connectivity index (χ1n) is 5.03. The maximum Gasteiger partial charge on any atom is 0.145 e. The van der Waals surface area contributed by atoms with E-state index in [9.17, 15) is 9.59 Å². The van der Waals surface area contributed by atoms with Crippen molar-refractivity contribution in [1.82, 2.24) is 4.90 Å². The van der Waals surface area contributed by atoms with E-state index in [2.05, 4.69) is 0 Å². The first-order chi connectivity index (χ1) is 7.70. The summed E-state index contributed by atoms with van der Waals surface area (Å²) < 4.78 is 15.4. The minimum atomic E-state index is -0.116. The van der Waals surface area contributed by atoms with Gasteiger partial charge in [-0.3, -0.25) is 4.90 Å². The normalized spacial score (nSPS) is 12.7. The predicted octanol–water partition coefficient (Wildman–Crippen LogP) is -0.331. The molecule has 0 fully saturated rings. The Morgan fingerprint density at radius 2 is 1.75 bits per heavy atom. The highest BCUT2D eigenvalue weighted by Crippen LogP contribution is 1.92. The van der Waals surface area contributed by atoms with Crippen LogP contribution in [0.5, 0.6) is 0 Å². The van der Waals surface area contributed by atoms with E-state index in [1.54, 1.807) is 4.90 Å². The van der Waals surface area contributed by atoms with E-state index in [1.165, 1.54) is 0 Å². The minimum absolute atomic E-state index is 0.0861. The second-order valence-corrected chi connectivity index (χ2v) is 3.33. The molecular weight excluding hydrogens is 214 g/mol. The van der Waals surface area contributed by atoms with Crippen LogP contribution in [0.25, 0.3) is 0 Å². The van der Waals surface area contributed by atoms with Crippen LogP contribution in [0.2, 0.25) is 0 Å². The lowest BCUT2D eigenvalue weighted by molar-refractivity contribution is -0.118. The third kappa shape index (κ3) is 9.72. The lowest BCUT2D eigenvalue weighted by Gasteiger charge is -2.18. The van der Waals surface area contributed by atoms with Crippen molar-refractivity contribution in [2.45, 2.75) is 13.0 Å². The van der Waals surface area contributed by atoms with E-state index < -0.39 is 0 Å². The molecule has 1 atom stereocenters. The minimum Gasteiger partial charge on any atom is -0.369 e. The van der Waals surface area contributed by atoms with Crippen LogP contribution in [-0.4, -0.2) is 63.9 Å². The number of hydrogen-bond acceptors (Lipinski definition) is 6. The van der Waals surface area contributed by atoms with Gasteiger partial charge in [-0.2, -0.15) is 0 Å². The van der Waals surface area contributed by atoms with Gasteiger partial charge in [-0.15, -0.1) is 0 Å². The van der Waals surface area contributed by atoms with Gasteiger partial charge in [0.1, 0.15) is 39.2 Å². The molecule has 0 heterocycles. The molecule has 0 aromatic carbocycles. The Labute approximate surface area is 95.4 Å². The van der Waals surface area contributed by atoms with Crippen LogP contribution < -0.4 is 0 Å². The summed E-state index contributed by atoms with van der Waals surface area (Å²) in [6, 6.07) is 0. The van der Waals surface area contributed by atoms with Crippen molar-refractivity contribution in [3.05, 3.63) is 0 Å². The van der Waals surface area contributed by atoms with Crippen molar-refractivity contribution in [2.75, 3.05) is 40.3 Å². The molecule has 0 bridgehead atoms. The number of ether oxygens (including phenoxy) is 3. The monoisotopic (exact) mass is 233 g/mol. The highest BCUT2D eigenvalue weighted by Gasteiger charge is 2.03. The Balaban J connectivity index is 3.34. The topological polar surface area (TPSA) is 65.1 Å². The van der Waals surface area contributed by atoms with Crippen molar-refractivity contribution in [3.63, 3.8) is 0 Å². The van der Waals surface area contributed by atoms with E-state index >= 15 is 0 Å². The van der Waals surface area contributed by atoms with Gasteiger partial charge in [-0.05, 0) is 14.0 Å². The molecule has 6 nitrogen and oxygen atoms in total. The third-order valence-corrected chi connectivity index (χ3v) is 1.61. The second-order valence-electron chi connectivity index (χ2n) is 3.33. The molecule has 0 N–H and O–H groups in total. The Bertz CT molecular complexity index is 188. The van der Waals surface area contributed by atoms with Crippen LogP contribution in [0.4, 0.5) is 0 Å². The Hall–Kier alpha value is -0.820. The van der Waals surface area contributed by atoms with E-state index in [-0.39, 0.29) is 19.3 Å². The number of carbonyl (C=O) groups excluding carboxylic acids is 2. The first kappa shape index (κ1) is 15.2. The summed E-state index contributed by atoms with van der Waals surface area (Å²) in [4.78, 5) is 21.8. The van der Waals surface area contributed by atoms with Crippen molar-refractivity contribution in [2.24, 2.45) is 0 Å². The van der Waals surface area contributed by atoms with Crippen LogP contribution in [0.3, 0.4) is 0 Å². The second kappa shape index (κ2) is 10.7. The highest BCUT2D eigenvalue weighted by molar-refractivity contribution is 5.50. The molecule has 94 valence electrons. The molecule has 1 unspecified atom stereocenters. The average molecular weight is 233 g/mol. The van der Waals surface area contributed by atoms with Gasteiger partial charge in [-0.1, -0.05) is 0 Å². The van der Waals surface area contributed by atoms with Crippen molar-refractivity contribution in [3.8, 4) is 0 Å². The van der Waals surface area contributed by atoms with Crippen LogP contribution in [0.1, 0.15) is 6.92 Å². The molecule has 0 saturated carbocycles. The molecule has 16 heavy (non-hydrogen) atoms. The van der Waals surface area contributed by atoms with Gasteiger partial charge in [0.2, 0.25) is 0 Å². The average Bonchev–Trinajstić information content (AvgIpc) is 2.26. The maximum atomic E-state index is 10.0. The van der Waals surface area contributed by atoms with Crippen LogP contribution in [0.15, 0.2) is 0 Å². The molecular formula is C10H19NO5. The smallest absolute Gasteiger partial charge is 0.145 e. The molecule has 0 aliphatic carbocycles. The quantitative estimate of drug-likeness (QED) is 0.276. The van der Waals surface area contributed by atoms with Gasteiger partial charge in [0, 0.05) is 0 Å². The predicted molar refractivity (Wildman–Crippen MR) is 56.9 cm³/mol. The van der Waals surface area contributed by atoms with Gasteiger partial charge >= 0.3 is 0 Å². The molecule has 0 amide bonds. The number of nitrogens with zero attached hydrogens (tertiary/aromatic N) is 1. The lowest BCUT2D eigenvalue weighted by atomic mass is 10.4. The van der Waals surface area contributed by atoms with Gasteiger partial charge in [0.25, 0.3) is 0 Å². The number of carbonyl (C=O) groups is 2. The summed E-state index contributed by atoms with van der Waals surface area (Å²) in [5, 5.41) is 0. The van der Waals surface area contributed by atoms with E-state index in [0.717, 1.165) is 0 Å². The summed E-state index contributed by atoms with van der Waals surface area (Å²) in [5.41, 5.74) is 0. The third-order valence-electron chi connectivity index (χ3n) is 1.61. The molecule has 0 rings (SSSR count). The SMILES string of the molecule is CC(COCN(C)COCC=O)OCC=O. The number of rotatable bonds is 11. The Morgan fingerprint density at radius 3 is 2.38 bits per heavy atom. The number of aldehydes is 2. The van der Waals surface area contributed by atoms with Gasteiger partial charge in [0.15, 0.2) is 0 Å². The van der Waals surface area contributed by atoms with E-state index in [4.69, 9.17) is 14.2 Å². The zero-order valence-electron chi connectivity index (χ0n) is 9.76. The molecule has 0 spiro atoms. The highest BCUT2D eigenvalue weighted by atomic mass is 16.5. The molecule has 0 saturated heterocycles. The van der Waals surface area contributed by atoms with Crippen LogP contribution in [0, 0.1) is 0 Å². The lowest BCUT2D eigenvalue weighted by Crippen LogP contribution is -2.27. The number of hydrogen-bond donors (Lipinski definition) is 0. The van der Waals surface area contributed by atoms with Gasteiger partial charge in [0.05, 0.1) is 12.7 Å².